The van der Waals surface area contributed by atoms with Crippen LogP contribution >= 0.6 is 0 Å². The summed E-state index contributed by atoms with van der Waals surface area (Å²) in [7, 11) is 0. The quantitative estimate of drug-likeness (QED) is 0.689. The number of fused-ring (bicyclic) bond motifs is 1. The summed E-state index contributed by atoms with van der Waals surface area (Å²) in [6, 6.07) is 5.46. The molecule has 0 unspecified atom stereocenters. The van der Waals surface area contributed by atoms with Crippen molar-refractivity contribution in [3.05, 3.63) is 41.2 Å². The molecule has 0 atom stereocenters. The smallest absolute Gasteiger partial charge is 0.254 e. The van der Waals surface area contributed by atoms with Gasteiger partial charge < -0.3 is 14.4 Å². The second-order valence-electron chi connectivity index (χ2n) is 5.47. The molecule has 0 saturated heterocycles. The number of halogens is 1. The van der Waals surface area contributed by atoms with Gasteiger partial charge in [-0.1, -0.05) is 6.92 Å². The Balaban J connectivity index is 2.01. The first kappa shape index (κ1) is 17.5. The minimum atomic E-state index is 0.0374. The summed E-state index contributed by atoms with van der Waals surface area (Å²) in [6.07, 6.45) is 2.01. The van der Waals surface area contributed by atoms with Crippen molar-refractivity contribution in [2.45, 2.75) is 26.7 Å². The van der Waals surface area contributed by atoms with Gasteiger partial charge in [0.25, 0.3) is 5.91 Å². The Labute approximate surface area is 136 Å². The van der Waals surface area contributed by atoms with E-state index in [1.54, 1.807) is 12.1 Å². The SMILES string of the molecule is CCOCCN1CCc2cc(OC/C(=C/F)CC)ccc2C1=O. The normalized spacial score (nSPS) is 14.8. The van der Waals surface area contributed by atoms with Crippen molar-refractivity contribution in [3.63, 3.8) is 0 Å². The number of amides is 1. The molecule has 0 spiro atoms. The van der Waals surface area contributed by atoms with Gasteiger partial charge in [0.1, 0.15) is 12.4 Å². The molecule has 0 radical (unpaired) electrons. The van der Waals surface area contributed by atoms with Crippen LogP contribution in [-0.4, -0.2) is 43.7 Å². The third-order valence-electron chi connectivity index (χ3n) is 3.99. The molecule has 1 aromatic carbocycles. The van der Waals surface area contributed by atoms with Crippen LogP contribution in [0.2, 0.25) is 0 Å². The Bertz CT molecular complexity index is 571. The lowest BCUT2D eigenvalue weighted by Crippen LogP contribution is -2.39. The first-order valence-electron chi connectivity index (χ1n) is 8.10. The second kappa shape index (κ2) is 8.67. The summed E-state index contributed by atoms with van der Waals surface area (Å²) >= 11 is 0. The summed E-state index contributed by atoms with van der Waals surface area (Å²) in [5.41, 5.74) is 2.32. The third-order valence-corrected chi connectivity index (χ3v) is 3.99. The standard InChI is InChI=1S/C18H24FNO3/c1-3-14(12-19)13-23-16-5-6-17-15(11-16)7-8-20(18(17)21)9-10-22-4-2/h5-6,11-12H,3-4,7-10,13H2,1-2H3/b14-12+. The first-order valence-corrected chi connectivity index (χ1v) is 8.10. The maximum atomic E-state index is 12.6. The van der Waals surface area contributed by atoms with Gasteiger partial charge in [0.05, 0.1) is 12.9 Å². The summed E-state index contributed by atoms with van der Waals surface area (Å²) in [6.45, 7) is 6.59. The Morgan fingerprint density at radius 2 is 2.22 bits per heavy atom. The number of nitrogens with zero attached hydrogens (tertiary/aromatic N) is 1. The molecule has 1 aliphatic rings. The zero-order valence-corrected chi connectivity index (χ0v) is 13.8. The summed E-state index contributed by atoms with van der Waals surface area (Å²) in [4.78, 5) is 14.3. The molecule has 5 heteroatoms. The van der Waals surface area contributed by atoms with Crippen LogP contribution in [0.4, 0.5) is 4.39 Å². The van der Waals surface area contributed by atoms with Crippen LogP contribution in [0.1, 0.15) is 36.2 Å². The van der Waals surface area contributed by atoms with Crippen LogP contribution < -0.4 is 4.74 Å². The lowest BCUT2D eigenvalue weighted by atomic mass is 9.98. The maximum Gasteiger partial charge on any atom is 0.254 e. The zero-order valence-electron chi connectivity index (χ0n) is 13.8. The molecular weight excluding hydrogens is 297 g/mol. The molecule has 1 aromatic rings. The molecule has 0 fully saturated rings. The molecule has 23 heavy (non-hydrogen) atoms. The number of carbonyl (C=O) groups is 1. The third kappa shape index (κ3) is 4.55. The summed E-state index contributed by atoms with van der Waals surface area (Å²) in [5.74, 6) is 0.711. The van der Waals surface area contributed by atoms with Crippen LogP contribution in [0.5, 0.6) is 5.75 Å². The van der Waals surface area contributed by atoms with Gasteiger partial charge in [0.15, 0.2) is 0 Å². The van der Waals surface area contributed by atoms with Gasteiger partial charge in [-0.15, -0.1) is 0 Å². The number of hydrogen-bond acceptors (Lipinski definition) is 3. The van der Waals surface area contributed by atoms with Gasteiger partial charge in [-0.05, 0) is 49.1 Å². The molecular formula is C18H24FNO3. The molecule has 0 N–H and O–H groups in total. The highest BCUT2D eigenvalue weighted by Crippen LogP contribution is 2.24. The van der Waals surface area contributed by atoms with Gasteiger partial charge in [0, 0.05) is 25.3 Å². The van der Waals surface area contributed by atoms with Crippen LogP contribution in [0.25, 0.3) is 0 Å². The number of rotatable bonds is 8. The van der Waals surface area contributed by atoms with E-state index in [2.05, 4.69) is 0 Å². The molecule has 1 amide bonds. The van der Waals surface area contributed by atoms with E-state index in [1.165, 1.54) is 0 Å². The lowest BCUT2D eigenvalue weighted by Gasteiger charge is -2.28. The maximum absolute atomic E-state index is 12.6. The van der Waals surface area contributed by atoms with E-state index in [9.17, 15) is 9.18 Å². The number of hydrogen-bond donors (Lipinski definition) is 0. The lowest BCUT2D eigenvalue weighted by molar-refractivity contribution is 0.0641. The number of carbonyl (C=O) groups excluding carboxylic acids is 1. The highest BCUT2D eigenvalue weighted by Gasteiger charge is 2.24. The van der Waals surface area contributed by atoms with E-state index in [0.717, 1.165) is 17.5 Å². The predicted molar refractivity (Wildman–Crippen MR) is 87.5 cm³/mol. The molecule has 126 valence electrons. The molecule has 4 nitrogen and oxygen atoms in total. The van der Waals surface area contributed by atoms with Crippen molar-refractivity contribution in [2.75, 3.05) is 32.9 Å². The average Bonchev–Trinajstić information content (AvgIpc) is 2.58. The van der Waals surface area contributed by atoms with Crippen molar-refractivity contribution in [1.29, 1.82) is 0 Å². The fourth-order valence-corrected chi connectivity index (χ4v) is 2.52. The van der Waals surface area contributed by atoms with E-state index in [0.29, 0.717) is 50.4 Å². The van der Waals surface area contributed by atoms with E-state index in [4.69, 9.17) is 9.47 Å². The van der Waals surface area contributed by atoms with Gasteiger partial charge >= 0.3 is 0 Å². The van der Waals surface area contributed by atoms with E-state index in [1.807, 2.05) is 24.8 Å². The largest absolute Gasteiger partial charge is 0.489 e. The van der Waals surface area contributed by atoms with Crippen molar-refractivity contribution in [1.82, 2.24) is 4.90 Å². The van der Waals surface area contributed by atoms with Crippen LogP contribution in [-0.2, 0) is 11.2 Å². The summed E-state index contributed by atoms with van der Waals surface area (Å²) in [5, 5.41) is 0. The zero-order chi connectivity index (χ0) is 16.7. The monoisotopic (exact) mass is 321 g/mol. The van der Waals surface area contributed by atoms with E-state index < -0.39 is 0 Å². The van der Waals surface area contributed by atoms with Gasteiger partial charge in [-0.2, -0.15) is 0 Å². The van der Waals surface area contributed by atoms with Gasteiger partial charge in [0.2, 0.25) is 0 Å². The Kier molecular flexibility index (Phi) is 6.59. The summed E-state index contributed by atoms with van der Waals surface area (Å²) < 4.78 is 23.5. The highest BCUT2D eigenvalue weighted by atomic mass is 19.1. The molecule has 0 aromatic heterocycles. The molecule has 1 heterocycles. The first-order chi connectivity index (χ1) is 11.2. The van der Waals surface area contributed by atoms with Gasteiger partial charge in [-0.3, -0.25) is 4.79 Å². The number of ether oxygens (including phenoxy) is 2. The topological polar surface area (TPSA) is 38.8 Å². The minimum Gasteiger partial charge on any atom is -0.489 e. The highest BCUT2D eigenvalue weighted by molar-refractivity contribution is 5.96. The van der Waals surface area contributed by atoms with Crippen LogP contribution in [0.15, 0.2) is 30.1 Å². The Morgan fingerprint density at radius 1 is 1.39 bits per heavy atom. The fraction of sp³-hybridized carbons (Fsp3) is 0.500. The minimum absolute atomic E-state index is 0.0374. The van der Waals surface area contributed by atoms with Crippen molar-refractivity contribution in [3.8, 4) is 5.75 Å². The predicted octanol–water partition coefficient (Wildman–Crippen LogP) is 3.36. The van der Waals surface area contributed by atoms with Crippen LogP contribution in [0.3, 0.4) is 0 Å². The fourth-order valence-electron chi connectivity index (χ4n) is 2.52. The van der Waals surface area contributed by atoms with Crippen LogP contribution in [0, 0.1) is 0 Å². The van der Waals surface area contributed by atoms with E-state index in [-0.39, 0.29) is 12.5 Å². The molecule has 0 saturated carbocycles. The van der Waals surface area contributed by atoms with Crippen molar-refractivity contribution >= 4 is 5.91 Å². The Morgan fingerprint density at radius 3 is 2.91 bits per heavy atom. The van der Waals surface area contributed by atoms with Crippen molar-refractivity contribution in [2.24, 2.45) is 0 Å². The van der Waals surface area contributed by atoms with Crippen molar-refractivity contribution < 1.29 is 18.7 Å². The molecule has 0 bridgehead atoms. The number of benzene rings is 1. The van der Waals surface area contributed by atoms with E-state index >= 15 is 0 Å². The second-order valence-corrected chi connectivity index (χ2v) is 5.47. The molecule has 2 rings (SSSR count). The Hall–Kier alpha value is -1.88. The molecule has 1 aliphatic heterocycles. The molecule has 0 aliphatic carbocycles. The average molecular weight is 321 g/mol. The van der Waals surface area contributed by atoms with Gasteiger partial charge in [-0.25, -0.2) is 4.39 Å².